The van der Waals surface area contributed by atoms with Crippen LogP contribution in [0.4, 0.5) is 0 Å². The second-order valence-electron chi connectivity index (χ2n) is 7.63. The molecule has 1 N–H and O–H groups in total. The van der Waals surface area contributed by atoms with E-state index >= 15 is 0 Å². The zero-order valence-corrected chi connectivity index (χ0v) is 17.0. The minimum absolute atomic E-state index is 0.134. The van der Waals surface area contributed by atoms with E-state index in [-0.39, 0.29) is 30.7 Å². The van der Waals surface area contributed by atoms with E-state index in [1.807, 2.05) is 54.6 Å². The van der Waals surface area contributed by atoms with Crippen LogP contribution in [0.1, 0.15) is 18.0 Å². The Bertz CT molecular complexity index is 998. The Balaban J connectivity index is 1.44. The number of para-hydroxylation sites is 1. The molecular weight excluding hydrogens is 380 g/mol. The lowest BCUT2D eigenvalue weighted by molar-refractivity contribution is -0.134. The summed E-state index contributed by atoms with van der Waals surface area (Å²) in [6.45, 7) is 1.98. The van der Waals surface area contributed by atoms with Crippen LogP contribution >= 0.6 is 0 Å². The maximum Gasteiger partial charge on any atom is 0.317 e. The number of likely N-dealkylation sites (tertiary alicyclic amines) is 1. The third-order valence-corrected chi connectivity index (χ3v) is 5.52. The van der Waals surface area contributed by atoms with E-state index in [0.29, 0.717) is 13.1 Å². The van der Waals surface area contributed by atoms with Crippen LogP contribution < -0.4 is 4.74 Å². The number of hydrogen-bond acceptors (Lipinski definition) is 6. The summed E-state index contributed by atoms with van der Waals surface area (Å²) in [5, 5.41) is 10.8. The highest BCUT2D eigenvalue weighted by atomic mass is 16.5. The predicted molar refractivity (Wildman–Crippen MR) is 114 cm³/mol. The van der Waals surface area contributed by atoms with Gasteiger partial charge in [-0.15, -0.1) is 0 Å². The molecule has 2 atom stereocenters. The summed E-state index contributed by atoms with van der Waals surface area (Å²) in [6, 6.07) is 17.6. The number of carbonyl (C=O) groups excluding carboxylic acids is 1. The fraction of sp³-hybridized carbons (Fsp3) is 0.348. The molecule has 1 aliphatic rings. The fourth-order valence-electron chi connectivity index (χ4n) is 3.78. The molecule has 3 aromatic rings. The van der Waals surface area contributed by atoms with E-state index < -0.39 is 0 Å². The monoisotopic (exact) mass is 406 g/mol. The molecule has 2 aromatic carbocycles. The number of likely N-dealkylation sites (N-methyl/N-ethyl adjacent to an activating group) is 1. The van der Waals surface area contributed by atoms with Crippen molar-refractivity contribution < 1.29 is 14.6 Å². The lowest BCUT2D eigenvalue weighted by atomic mass is 10.0. The van der Waals surface area contributed by atoms with Crippen molar-refractivity contribution in [1.82, 2.24) is 19.8 Å². The molecule has 30 heavy (non-hydrogen) atoms. The Morgan fingerprint density at radius 1 is 1.23 bits per heavy atom. The zero-order chi connectivity index (χ0) is 20.9. The molecule has 1 aliphatic heterocycles. The van der Waals surface area contributed by atoms with Crippen LogP contribution in [0.2, 0.25) is 0 Å². The predicted octanol–water partition coefficient (Wildman–Crippen LogP) is 2.27. The van der Waals surface area contributed by atoms with Gasteiger partial charge in [0.1, 0.15) is 0 Å². The van der Waals surface area contributed by atoms with Gasteiger partial charge in [-0.2, -0.15) is 4.98 Å². The number of aromatic nitrogens is 2. The molecular formula is C23H26N4O3. The first-order chi connectivity index (χ1) is 14.6. The molecule has 1 aromatic heterocycles. The Hall–Kier alpha value is -3.03. The molecule has 4 rings (SSSR count). The number of carbonyl (C=O) groups is 1. The smallest absolute Gasteiger partial charge is 0.317 e. The molecule has 0 unspecified atom stereocenters. The molecule has 7 nitrogen and oxygen atoms in total. The van der Waals surface area contributed by atoms with Crippen molar-refractivity contribution in [3.8, 4) is 6.01 Å². The SMILES string of the molecule is CN(C(=O)COc1ncc2ccccc2n1)[C@H](CN1CC[C@H](O)C1)c1ccccc1. The van der Waals surface area contributed by atoms with Crippen molar-refractivity contribution in [1.29, 1.82) is 0 Å². The third-order valence-electron chi connectivity index (χ3n) is 5.52. The maximum atomic E-state index is 12.9. The molecule has 2 heterocycles. The van der Waals surface area contributed by atoms with Crippen LogP contribution in [0.5, 0.6) is 6.01 Å². The van der Waals surface area contributed by atoms with Crippen LogP contribution in [0.25, 0.3) is 10.9 Å². The van der Waals surface area contributed by atoms with Gasteiger partial charge in [-0.05, 0) is 18.1 Å². The summed E-state index contributed by atoms with van der Waals surface area (Å²) >= 11 is 0. The van der Waals surface area contributed by atoms with Gasteiger partial charge in [0.05, 0.1) is 17.7 Å². The van der Waals surface area contributed by atoms with E-state index in [1.165, 1.54) is 0 Å². The van der Waals surface area contributed by atoms with Crippen LogP contribution in [-0.4, -0.2) is 70.2 Å². The number of β-amino-alcohol motifs (C(OH)–C–C–N with tert-alkyl or cyclic N) is 1. The first-order valence-corrected chi connectivity index (χ1v) is 10.2. The van der Waals surface area contributed by atoms with Gasteiger partial charge in [0, 0.05) is 38.3 Å². The highest BCUT2D eigenvalue weighted by molar-refractivity contribution is 5.79. The molecule has 0 aliphatic carbocycles. The Kier molecular flexibility index (Phi) is 6.21. The molecule has 0 spiro atoms. The van der Waals surface area contributed by atoms with Gasteiger partial charge in [0.15, 0.2) is 6.61 Å². The Morgan fingerprint density at radius 3 is 2.77 bits per heavy atom. The van der Waals surface area contributed by atoms with E-state index in [2.05, 4.69) is 14.9 Å². The van der Waals surface area contributed by atoms with E-state index in [9.17, 15) is 9.90 Å². The minimum Gasteiger partial charge on any atom is -0.453 e. The van der Waals surface area contributed by atoms with Crippen LogP contribution in [0, 0.1) is 0 Å². The maximum absolute atomic E-state index is 12.9. The highest BCUT2D eigenvalue weighted by Gasteiger charge is 2.28. The second-order valence-corrected chi connectivity index (χ2v) is 7.63. The summed E-state index contributed by atoms with van der Waals surface area (Å²) in [7, 11) is 1.79. The third kappa shape index (κ3) is 4.75. The summed E-state index contributed by atoms with van der Waals surface area (Å²) in [5.41, 5.74) is 1.83. The molecule has 1 fully saturated rings. The van der Waals surface area contributed by atoms with Crippen molar-refractivity contribution in [3.05, 3.63) is 66.4 Å². The molecule has 1 saturated heterocycles. The van der Waals surface area contributed by atoms with Gasteiger partial charge >= 0.3 is 6.01 Å². The fourth-order valence-corrected chi connectivity index (χ4v) is 3.78. The van der Waals surface area contributed by atoms with E-state index in [4.69, 9.17) is 4.74 Å². The number of aliphatic hydroxyl groups excluding tert-OH is 1. The number of amides is 1. The standard InChI is InChI=1S/C23H26N4O3/c1-26(21(17-7-3-2-4-8-17)15-27-12-11-19(28)14-27)22(29)16-30-23-24-13-18-9-5-6-10-20(18)25-23/h2-10,13,19,21,28H,11-12,14-16H2,1H3/t19-,21+/m0/s1. The lowest BCUT2D eigenvalue weighted by Crippen LogP contribution is -2.41. The topological polar surface area (TPSA) is 78.8 Å². The van der Waals surface area contributed by atoms with Crippen LogP contribution in [0.3, 0.4) is 0 Å². The first-order valence-electron chi connectivity index (χ1n) is 10.2. The molecule has 1 amide bonds. The average Bonchev–Trinajstić information content (AvgIpc) is 3.20. The summed E-state index contributed by atoms with van der Waals surface area (Å²) in [6.07, 6.45) is 2.16. The van der Waals surface area contributed by atoms with Crippen LogP contribution in [0.15, 0.2) is 60.8 Å². The quantitative estimate of drug-likeness (QED) is 0.649. The molecule has 0 saturated carbocycles. The number of aliphatic hydroxyl groups is 1. The molecule has 0 bridgehead atoms. The summed E-state index contributed by atoms with van der Waals surface area (Å²) in [4.78, 5) is 25.4. The average molecular weight is 406 g/mol. The Labute approximate surface area is 175 Å². The molecule has 7 heteroatoms. The molecule has 156 valence electrons. The normalized spacial score (nSPS) is 17.7. The van der Waals surface area contributed by atoms with Crippen molar-refractivity contribution in [2.45, 2.75) is 18.6 Å². The zero-order valence-electron chi connectivity index (χ0n) is 17.0. The number of rotatable bonds is 7. The van der Waals surface area contributed by atoms with Gasteiger partial charge in [0.25, 0.3) is 5.91 Å². The second kappa shape index (κ2) is 9.19. The number of nitrogens with zero attached hydrogens (tertiary/aromatic N) is 4. The molecule has 0 radical (unpaired) electrons. The summed E-state index contributed by atoms with van der Waals surface area (Å²) < 4.78 is 5.60. The van der Waals surface area contributed by atoms with Gasteiger partial charge in [-0.25, -0.2) is 4.98 Å². The minimum atomic E-state index is -0.296. The number of fused-ring (bicyclic) bond motifs is 1. The van der Waals surface area contributed by atoms with Gasteiger partial charge in [0.2, 0.25) is 0 Å². The van der Waals surface area contributed by atoms with Gasteiger partial charge in [-0.3, -0.25) is 9.69 Å². The largest absolute Gasteiger partial charge is 0.453 e. The van der Waals surface area contributed by atoms with Gasteiger partial charge < -0.3 is 14.7 Å². The van der Waals surface area contributed by atoms with Crippen molar-refractivity contribution >= 4 is 16.8 Å². The Morgan fingerprint density at radius 2 is 2.00 bits per heavy atom. The van der Waals surface area contributed by atoms with E-state index in [1.54, 1.807) is 18.1 Å². The first kappa shape index (κ1) is 20.3. The van der Waals surface area contributed by atoms with Gasteiger partial charge in [-0.1, -0.05) is 48.5 Å². The highest BCUT2D eigenvalue weighted by Crippen LogP contribution is 2.23. The van der Waals surface area contributed by atoms with Crippen molar-refractivity contribution in [3.63, 3.8) is 0 Å². The number of ether oxygens (including phenoxy) is 1. The lowest BCUT2D eigenvalue weighted by Gasteiger charge is -2.32. The van der Waals surface area contributed by atoms with Crippen molar-refractivity contribution in [2.24, 2.45) is 0 Å². The van der Waals surface area contributed by atoms with Crippen molar-refractivity contribution in [2.75, 3.05) is 33.3 Å². The number of benzene rings is 2. The van der Waals surface area contributed by atoms with E-state index in [0.717, 1.165) is 29.4 Å². The van der Waals surface area contributed by atoms with Crippen LogP contribution in [-0.2, 0) is 4.79 Å². The summed E-state index contributed by atoms with van der Waals surface area (Å²) in [5.74, 6) is -0.152. The number of hydrogen-bond donors (Lipinski definition) is 1.